The number of aromatic amines is 1. The fourth-order valence-electron chi connectivity index (χ4n) is 3.90. The highest BCUT2D eigenvalue weighted by atomic mass is 19.1. The summed E-state index contributed by atoms with van der Waals surface area (Å²) in [6.45, 7) is 2.61. The average Bonchev–Trinajstić information content (AvgIpc) is 2.98. The lowest BCUT2D eigenvalue weighted by Crippen LogP contribution is -2.39. The molecule has 0 spiro atoms. The third-order valence-electron chi connectivity index (χ3n) is 5.19. The lowest BCUT2D eigenvalue weighted by atomic mass is 9.86. The zero-order valence-electron chi connectivity index (χ0n) is 14.1. The molecule has 0 aromatic carbocycles. The van der Waals surface area contributed by atoms with Crippen LogP contribution < -0.4 is 4.90 Å². The number of hydrogen-bond acceptors (Lipinski definition) is 4. The lowest BCUT2D eigenvalue weighted by molar-refractivity contribution is -0.133. The maximum absolute atomic E-state index is 14.0. The highest BCUT2D eigenvalue weighted by Crippen LogP contribution is 2.32. The van der Waals surface area contributed by atoms with E-state index in [1.54, 1.807) is 18.5 Å². The summed E-state index contributed by atoms with van der Waals surface area (Å²) in [7, 11) is 0. The van der Waals surface area contributed by atoms with E-state index in [-0.39, 0.29) is 17.6 Å². The van der Waals surface area contributed by atoms with Crippen molar-refractivity contribution in [2.75, 3.05) is 31.1 Å². The molecular weight excluding hydrogens is 321 g/mol. The van der Waals surface area contributed by atoms with Gasteiger partial charge in [0.1, 0.15) is 0 Å². The van der Waals surface area contributed by atoms with Gasteiger partial charge in [0, 0.05) is 43.6 Å². The third kappa shape index (κ3) is 3.10. The van der Waals surface area contributed by atoms with Gasteiger partial charge in [-0.3, -0.25) is 9.89 Å². The van der Waals surface area contributed by atoms with E-state index in [4.69, 9.17) is 0 Å². The Bertz CT molecular complexity index is 761. The Morgan fingerprint density at radius 1 is 1.24 bits per heavy atom. The molecule has 25 heavy (non-hydrogen) atoms. The number of aryl methyl sites for hydroxylation is 1. The van der Waals surface area contributed by atoms with Crippen LogP contribution in [0, 0.1) is 5.82 Å². The zero-order valence-corrected chi connectivity index (χ0v) is 14.1. The molecule has 1 amide bonds. The molecule has 0 saturated carbocycles. The predicted molar refractivity (Wildman–Crippen MR) is 91.9 cm³/mol. The molecule has 2 aromatic heterocycles. The molecule has 1 N–H and O–H groups in total. The van der Waals surface area contributed by atoms with E-state index in [1.807, 2.05) is 9.80 Å². The number of carbonyl (C=O) groups excluding carboxylic acids is 1. The minimum absolute atomic E-state index is 0.0966. The number of hydrogen-bond donors (Lipinski definition) is 1. The number of nitrogens with zero attached hydrogens (tertiary/aromatic N) is 4. The van der Waals surface area contributed by atoms with Gasteiger partial charge in [-0.25, -0.2) is 9.37 Å². The van der Waals surface area contributed by atoms with E-state index < -0.39 is 0 Å². The van der Waals surface area contributed by atoms with Gasteiger partial charge < -0.3 is 9.80 Å². The Labute approximate surface area is 146 Å². The van der Waals surface area contributed by atoms with E-state index in [2.05, 4.69) is 15.2 Å². The number of halogens is 1. The van der Waals surface area contributed by atoms with Crippen LogP contribution in [0.1, 0.15) is 36.4 Å². The van der Waals surface area contributed by atoms with Crippen molar-refractivity contribution in [2.45, 2.75) is 31.6 Å². The summed E-state index contributed by atoms with van der Waals surface area (Å²) < 4.78 is 14.0. The predicted octanol–water partition coefficient (Wildman–Crippen LogP) is 2.10. The molecule has 132 valence electrons. The van der Waals surface area contributed by atoms with Crippen LogP contribution in [0.3, 0.4) is 0 Å². The van der Waals surface area contributed by atoms with E-state index in [1.165, 1.54) is 6.07 Å². The van der Waals surface area contributed by atoms with E-state index in [0.29, 0.717) is 32.0 Å². The Hall–Kier alpha value is -2.44. The van der Waals surface area contributed by atoms with E-state index in [9.17, 15) is 9.18 Å². The van der Waals surface area contributed by atoms with Crippen molar-refractivity contribution in [1.82, 2.24) is 20.1 Å². The van der Waals surface area contributed by atoms with Crippen molar-refractivity contribution in [3.8, 4) is 0 Å². The number of pyridine rings is 1. The summed E-state index contributed by atoms with van der Waals surface area (Å²) in [4.78, 5) is 21.1. The summed E-state index contributed by atoms with van der Waals surface area (Å²) in [5.41, 5.74) is 2.14. The van der Waals surface area contributed by atoms with Gasteiger partial charge in [-0.05, 0) is 37.8 Å². The first kappa shape index (κ1) is 16.1. The number of aromatic nitrogens is 3. The molecule has 4 rings (SSSR count). The van der Waals surface area contributed by atoms with Crippen LogP contribution in [0.5, 0.6) is 0 Å². The average molecular weight is 343 g/mol. The fraction of sp³-hybridized carbons (Fsp3) is 0.500. The third-order valence-corrected chi connectivity index (χ3v) is 5.19. The van der Waals surface area contributed by atoms with E-state index in [0.717, 1.165) is 36.9 Å². The molecule has 7 heteroatoms. The molecule has 1 aliphatic heterocycles. The van der Waals surface area contributed by atoms with Gasteiger partial charge in [-0.2, -0.15) is 5.10 Å². The molecule has 1 saturated heterocycles. The standard InChI is InChI=1S/C18H22FN5O/c19-15-5-2-7-20-17(15)23-8-3-9-24(11-10-23)18(25)13-4-1-6-16-14(13)12-21-22-16/h2,5,7,12-13H,1,3-4,6,8-11H2,(H,21,22). The van der Waals surface area contributed by atoms with Crippen molar-refractivity contribution in [1.29, 1.82) is 0 Å². The van der Waals surface area contributed by atoms with Gasteiger partial charge in [-0.1, -0.05) is 0 Å². The van der Waals surface area contributed by atoms with Crippen molar-refractivity contribution in [2.24, 2.45) is 0 Å². The largest absolute Gasteiger partial charge is 0.352 e. The first-order chi connectivity index (χ1) is 12.2. The van der Waals surface area contributed by atoms with Crippen LogP contribution in [0.4, 0.5) is 10.2 Å². The van der Waals surface area contributed by atoms with Gasteiger partial charge in [0.25, 0.3) is 0 Å². The van der Waals surface area contributed by atoms with Crippen molar-refractivity contribution >= 4 is 11.7 Å². The van der Waals surface area contributed by atoms with Gasteiger partial charge >= 0.3 is 0 Å². The van der Waals surface area contributed by atoms with Crippen molar-refractivity contribution in [3.63, 3.8) is 0 Å². The summed E-state index contributed by atoms with van der Waals surface area (Å²) in [6.07, 6.45) is 7.06. The van der Waals surface area contributed by atoms with Crippen LogP contribution in [0.2, 0.25) is 0 Å². The summed E-state index contributed by atoms with van der Waals surface area (Å²) in [5, 5.41) is 7.12. The second-order valence-corrected chi connectivity index (χ2v) is 6.72. The zero-order chi connectivity index (χ0) is 17.2. The second-order valence-electron chi connectivity index (χ2n) is 6.72. The normalized spacial score (nSPS) is 20.9. The maximum atomic E-state index is 14.0. The monoisotopic (exact) mass is 343 g/mol. The highest BCUT2D eigenvalue weighted by Gasteiger charge is 2.32. The van der Waals surface area contributed by atoms with Gasteiger partial charge in [0.15, 0.2) is 11.6 Å². The maximum Gasteiger partial charge on any atom is 0.230 e. The van der Waals surface area contributed by atoms with Gasteiger partial charge in [0.2, 0.25) is 5.91 Å². The molecular formula is C18H22FN5O. The Morgan fingerprint density at radius 2 is 2.16 bits per heavy atom. The van der Waals surface area contributed by atoms with Crippen molar-refractivity contribution < 1.29 is 9.18 Å². The number of rotatable bonds is 2. The molecule has 1 aliphatic carbocycles. The molecule has 0 bridgehead atoms. The number of amides is 1. The second kappa shape index (κ2) is 6.82. The molecule has 2 aliphatic rings. The van der Waals surface area contributed by atoms with Crippen LogP contribution in [0.15, 0.2) is 24.5 Å². The number of nitrogens with one attached hydrogen (secondary N) is 1. The van der Waals surface area contributed by atoms with Crippen LogP contribution in [-0.2, 0) is 11.2 Å². The minimum Gasteiger partial charge on any atom is -0.352 e. The van der Waals surface area contributed by atoms with E-state index >= 15 is 0 Å². The minimum atomic E-state index is -0.308. The number of anilines is 1. The quantitative estimate of drug-likeness (QED) is 0.907. The number of fused-ring (bicyclic) bond motifs is 1. The summed E-state index contributed by atoms with van der Waals surface area (Å²) in [6, 6.07) is 3.02. The Morgan fingerprint density at radius 3 is 3.04 bits per heavy atom. The first-order valence-electron chi connectivity index (χ1n) is 8.90. The highest BCUT2D eigenvalue weighted by molar-refractivity contribution is 5.84. The summed E-state index contributed by atoms with van der Waals surface area (Å²) in [5.74, 6) is 0.149. The molecule has 1 unspecified atom stereocenters. The molecule has 1 fully saturated rings. The van der Waals surface area contributed by atoms with Crippen LogP contribution >= 0.6 is 0 Å². The fourth-order valence-corrected chi connectivity index (χ4v) is 3.90. The van der Waals surface area contributed by atoms with Crippen LogP contribution in [-0.4, -0.2) is 52.2 Å². The molecule has 3 heterocycles. The molecule has 1 atom stereocenters. The SMILES string of the molecule is O=C(C1CCCc2[nH]ncc21)N1CCCN(c2ncccc2F)CC1. The Kier molecular flexibility index (Phi) is 4.38. The Balaban J connectivity index is 1.47. The molecule has 0 radical (unpaired) electrons. The van der Waals surface area contributed by atoms with Crippen LogP contribution in [0.25, 0.3) is 0 Å². The number of H-pyrrole nitrogens is 1. The molecule has 2 aromatic rings. The topological polar surface area (TPSA) is 65.1 Å². The first-order valence-corrected chi connectivity index (χ1v) is 8.90. The number of carbonyl (C=O) groups is 1. The molecule has 6 nitrogen and oxygen atoms in total. The van der Waals surface area contributed by atoms with Gasteiger partial charge in [-0.15, -0.1) is 0 Å². The van der Waals surface area contributed by atoms with Gasteiger partial charge in [0.05, 0.1) is 12.1 Å². The summed E-state index contributed by atoms with van der Waals surface area (Å²) >= 11 is 0. The van der Waals surface area contributed by atoms with Crippen molar-refractivity contribution in [3.05, 3.63) is 41.6 Å². The lowest BCUT2D eigenvalue weighted by Gasteiger charge is -2.28. The smallest absolute Gasteiger partial charge is 0.230 e.